The molecule has 1 heterocycles. The summed E-state index contributed by atoms with van der Waals surface area (Å²) in [6.45, 7) is 1.49. The van der Waals surface area contributed by atoms with Gasteiger partial charge in [0.1, 0.15) is 6.04 Å². The molecule has 2 rings (SSSR count). The number of aromatic nitrogens is 2. The third-order valence-corrected chi connectivity index (χ3v) is 2.85. The van der Waals surface area contributed by atoms with Crippen LogP contribution in [0.2, 0.25) is 0 Å². The number of carbonyl (C=O) groups excluding carboxylic acids is 1. The van der Waals surface area contributed by atoms with Gasteiger partial charge in [0.05, 0.1) is 19.4 Å². The largest absolute Gasteiger partial charge is 0.467 e. The summed E-state index contributed by atoms with van der Waals surface area (Å²) in [6.07, 6.45) is 0. The van der Waals surface area contributed by atoms with Gasteiger partial charge in [-0.2, -0.15) is 5.10 Å². The van der Waals surface area contributed by atoms with Crippen LogP contribution in [0.3, 0.4) is 0 Å². The highest BCUT2D eigenvalue weighted by Gasteiger charge is 2.19. The average Bonchev–Trinajstić information content (AvgIpc) is 2.46. The van der Waals surface area contributed by atoms with E-state index < -0.39 is 12.0 Å². The van der Waals surface area contributed by atoms with Crippen LogP contribution in [0.1, 0.15) is 5.69 Å². The Morgan fingerprint density at radius 3 is 2.68 bits per heavy atom. The first-order valence-corrected chi connectivity index (χ1v) is 5.84. The summed E-state index contributed by atoms with van der Waals surface area (Å²) < 4.78 is 4.60. The number of hydrogen-bond acceptors (Lipinski definition) is 6. The molecule has 0 saturated carbocycles. The van der Waals surface area contributed by atoms with E-state index >= 15 is 0 Å². The number of rotatable bonds is 4. The Labute approximate surface area is 110 Å². The third kappa shape index (κ3) is 2.63. The van der Waals surface area contributed by atoms with Crippen molar-refractivity contribution in [2.24, 2.45) is 0 Å². The van der Waals surface area contributed by atoms with E-state index in [4.69, 9.17) is 0 Å². The minimum absolute atomic E-state index is 0.378. The van der Waals surface area contributed by atoms with E-state index in [9.17, 15) is 9.90 Å². The third-order valence-electron chi connectivity index (χ3n) is 2.85. The molecule has 0 aliphatic heterocycles. The van der Waals surface area contributed by atoms with Crippen molar-refractivity contribution in [3.05, 3.63) is 30.0 Å². The molecule has 1 atom stereocenters. The number of ether oxygens (including phenoxy) is 1. The van der Waals surface area contributed by atoms with Gasteiger partial charge in [0.2, 0.25) is 0 Å². The van der Waals surface area contributed by atoms with Crippen LogP contribution in [0.15, 0.2) is 24.3 Å². The van der Waals surface area contributed by atoms with Crippen molar-refractivity contribution >= 4 is 22.6 Å². The number of aryl methyl sites for hydroxylation is 1. The second kappa shape index (κ2) is 5.62. The normalized spacial score (nSPS) is 12.2. The van der Waals surface area contributed by atoms with E-state index in [1.54, 1.807) is 0 Å². The van der Waals surface area contributed by atoms with Crippen LogP contribution < -0.4 is 5.32 Å². The van der Waals surface area contributed by atoms with Gasteiger partial charge in [-0.15, -0.1) is 5.10 Å². The number of esters is 1. The molecule has 0 bridgehead atoms. The maximum atomic E-state index is 11.5. The van der Waals surface area contributed by atoms with E-state index in [0.29, 0.717) is 5.82 Å². The summed E-state index contributed by atoms with van der Waals surface area (Å²) in [6, 6.07) is 6.73. The van der Waals surface area contributed by atoms with E-state index in [1.807, 2.05) is 31.2 Å². The van der Waals surface area contributed by atoms with E-state index in [1.165, 1.54) is 7.11 Å². The van der Waals surface area contributed by atoms with Gasteiger partial charge in [-0.3, -0.25) is 0 Å². The fourth-order valence-electron chi connectivity index (χ4n) is 1.83. The van der Waals surface area contributed by atoms with Gasteiger partial charge in [-0.05, 0) is 6.92 Å². The zero-order valence-electron chi connectivity index (χ0n) is 10.8. The second-order valence-electron chi connectivity index (χ2n) is 4.08. The summed E-state index contributed by atoms with van der Waals surface area (Å²) >= 11 is 0. The summed E-state index contributed by atoms with van der Waals surface area (Å²) in [5.74, 6) is -0.0976. The number of carbonyl (C=O) groups is 1. The van der Waals surface area contributed by atoms with Gasteiger partial charge in [-0.1, -0.05) is 24.3 Å². The lowest BCUT2D eigenvalue weighted by atomic mass is 10.1. The molecule has 19 heavy (non-hydrogen) atoms. The zero-order valence-corrected chi connectivity index (χ0v) is 10.8. The number of aliphatic hydroxyl groups is 1. The number of aliphatic hydroxyl groups excluding tert-OH is 1. The fraction of sp³-hybridized carbons (Fsp3) is 0.308. The predicted molar refractivity (Wildman–Crippen MR) is 70.8 cm³/mol. The average molecular weight is 261 g/mol. The second-order valence-corrected chi connectivity index (χ2v) is 4.08. The lowest BCUT2D eigenvalue weighted by Gasteiger charge is -2.15. The zero-order chi connectivity index (χ0) is 13.8. The lowest BCUT2D eigenvalue weighted by Crippen LogP contribution is -2.34. The van der Waals surface area contributed by atoms with Crippen LogP contribution in [0.25, 0.3) is 10.8 Å². The molecule has 0 radical (unpaired) electrons. The maximum Gasteiger partial charge on any atom is 0.330 e. The number of fused-ring (bicyclic) bond motifs is 1. The summed E-state index contributed by atoms with van der Waals surface area (Å²) in [5, 5.41) is 21.9. The summed E-state index contributed by atoms with van der Waals surface area (Å²) in [7, 11) is 1.27. The van der Waals surface area contributed by atoms with Crippen LogP contribution >= 0.6 is 0 Å². The molecule has 100 valence electrons. The molecule has 6 heteroatoms. The SMILES string of the molecule is COC(=O)C(CO)Nc1nnc(C)c2ccccc12. The molecular weight excluding hydrogens is 246 g/mol. The number of methoxy groups -OCH3 is 1. The first-order chi connectivity index (χ1) is 9.17. The van der Waals surface area contributed by atoms with Crippen molar-refractivity contribution < 1.29 is 14.6 Å². The van der Waals surface area contributed by atoms with Gasteiger partial charge in [0, 0.05) is 10.8 Å². The van der Waals surface area contributed by atoms with Crippen molar-refractivity contribution in [2.75, 3.05) is 19.0 Å². The molecule has 0 spiro atoms. The summed E-state index contributed by atoms with van der Waals surface area (Å²) in [4.78, 5) is 11.5. The van der Waals surface area contributed by atoms with Gasteiger partial charge in [0.25, 0.3) is 0 Å². The topological polar surface area (TPSA) is 84.3 Å². The molecule has 1 aromatic heterocycles. The smallest absolute Gasteiger partial charge is 0.330 e. The minimum Gasteiger partial charge on any atom is -0.467 e. The van der Waals surface area contributed by atoms with Crippen LogP contribution in [0.4, 0.5) is 5.82 Å². The van der Waals surface area contributed by atoms with Crippen LogP contribution in [-0.2, 0) is 9.53 Å². The quantitative estimate of drug-likeness (QED) is 0.795. The highest BCUT2D eigenvalue weighted by Crippen LogP contribution is 2.22. The van der Waals surface area contributed by atoms with Crippen molar-refractivity contribution in [1.29, 1.82) is 0 Å². The number of nitrogens with zero attached hydrogens (tertiary/aromatic N) is 2. The number of hydrogen-bond donors (Lipinski definition) is 2. The summed E-state index contributed by atoms with van der Waals surface area (Å²) in [5.41, 5.74) is 0.805. The molecule has 0 aliphatic rings. The molecule has 6 nitrogen and oxygen atoms in total. The Bertz CT molecular complexity index is 601. The van der Waals surface area contributed by atoms with E-state index in [-0.39, 0.29) is 6.61 Å². The number of anilines is 1. The Hall–Kier alpha value is -2.21. The Morgan fingerprint density at radius 2 is 2.05 bits per heavy atom. The van der Waals surface area contributed by atoms with Gasteiger partial charge >= 0.3 is 5.97 Å². The Balaban J connectivity index is 2.40. The van der Waals surface area contributed by atoms with Crippen LogP contribution in [0.5, 0.6) is 0 Å². The molecular formula is C13H15N3O3. The predicted octanol–water partition coefficient (Wildman–Crippen LogP) is 0.884. The fourth-order valence-corrected chi connectivity index (χ4v) is 1.83. The van der Waals surface area contributed by atoms with Crippen LogP contribution in [0, 0.1) is 6.92 Å². The molecule has 0 amide bonds. The molecule has 1 unspecified atom stereocenters. The number of nitrogens with one attached hydrogen (secondary N) is 1. The monoisotopic (exact) mass is 261 g/mol. The molecule has 2 N–H and O–H groups in total. The highest BCUT2D eigenvalue weighted by molar-refractivity contribution is 5.94. The van der Waals surface area contributed by atoms with Crippen molar-refractivity contribution in [3.63, 3.8) is 0 Å². The minimum atomic E-state index is -0.856. The standard InChI is InChI=1S/C13H15N3O3/c1-8-9-5-3-4-6-10(9)12(16-15-8)14-11(7-17)13(18)19-2/h3-6,11,17H,7H2,1-2H3,(H,14,16). The number of benzene rings is 1. The van der Waals surface area contributed by atoms with Gasteiger partial charge in [0.15, 0.2) is 5.82 Å². The molecule has 1 aromatic carbocycles. The Morgan fingerprint density at radius 1 is 1.37 bits per heavy atom. The maximum absolute atomic E-state index is 11.5. The Kier molecular flexibility index (Phi) is 3.91. The van der Waals surface area contributed by atoms with Crippen molar-refractivity contribution in [1.82, 2.24) is 10.2 Å². The molecule has 2 aromatic rings. The molecule has 0 aliphatic carbocycles. The lowest BCUT2D eigenvalue weighted by molar-refractivity contribution is -0.142. The van der Waals surface area contributed by atoms with E-state index in [0.717, 1.165) is 16.5 Å². The first kappa shape index (κ1) is 13.2. The van der Waals surface area contributed by atoms with Crippen molar-refractivity contribution in [2.45, 2.75) is 13.0 Å². The highest BCUT2D eigenvalue weighted by atomic mass is 16.5. The molecule has 0 fully saturated rings. The van der Waals surface area contributed by atoms with Crippen LogP contribution in [-0.4, -0.2) is 41.0 Å². The molecule has 0 saturated heterocycles. The first-order valence-electron chi connectivity index (χ1n) is 5.84. The van der Waals surface area contributed by atoms with Crippen molar-refractivity contribution in [3.8, 4) is 0 Å². The van der Waals surface area contributed by atoms with E-state index in [2.05, 4.69) is 20.3 Å². The van der Waals surface area contributed by atoms with Gasteiger partial charge < -0.3 is 15.2 Å². The van der Waals surface area contributed by atoms with Gasteiger partial charge in [-0.25, -0.2) is 4.79 Å².